The zero-order valence-corrected chi connectivity index (χ0v) is 13.0. The minimum Gasteiger partial charge on any atom is -0.489 e. The van der Waals surface area contributed by atoms with Crippen LogP contribution in [0.2, 0.25) is 5.02 Å². The lowest BCUT2D eigenvalue weighted by molar-refractivity contribution is 0.304. The van der Waals surface area contributed by atoms with Crippen LogP contribution in [0, 0.1) is 6.92 Å². The molecule has 1 aliphatic rings. The molecule has 3 rings (SSSR count). The fourth-order valence-electron chi connectivity index (χ4n) is 2.19. The first-order valence-corrected chi connectivity index (χ1v) is 7.78. The van der Waals surface area contributed by atoms with Crippen molar-refractivity contribution in [3.05, 3.63) is 64.2 Å². The van der Waals surface area contributed by atoms with E-state index in [1.54, 1.807) is 0 Å². The van der Waals surface area contributed by atoms with Crippen molar-refractivity contribution in [1.82, 2.24) is 5.32 Å². The van der Waals surface area contributed by atoms with E-state index in [0.29, 0.717) is 11.6 Å². The molecule has 0 atom stereocenters. The third-order valence-corrected chi connectivity index (χ3v) is 3.97. The van der Waals surface area contributed by atoms with Gasteiger partial charge in [-0.1, -0.05) is 41.9 Å². The summed E-state index contributed by atoms with van der Waals surface area (Å²) in [5.74, 6) is 0.849. The Labute approximate surface area is 131 Å². The van der Waals surface area contributed by atoms with E-state index in [1.807, 2.05) is 25.1 Å². The van der Waals surface area contributed by atoms with Crippen molar-refractivity contribution in [2.75, 3.05) is 0 Å². The molecule has 0 radical (unpaired) electrons. The van der Waals surface area contributed by atoms with Gasteiger partial charge < -0.3 is 10.1 Å². The Morgan fingerprint density at radius 1 is 1.10 bits per heavy atom. The Hall–Kier alpha value is -1.51. The van der Waals surface area contributed by atoms with Gasteiger partial charge >= 0.3 is 0 Å². The largest absolute Gasteiger partial charge is 0.489 e. The van der Waals surface area contributed by atoms with Crippen LogP contribution in [-0.2, 0) is 13.2 Å². The van der Waals surface area contributed by atoms with E-state index in [0.717, 1.165) is 23.9 Å². The molecule has 0 aliphatic heterocycles. The number of rotatable bonds is 6. The van der Waals surface area contributed by atoms with E-state index < -0.39 is 0 Å². The van der Waals surface area contributed by atoms with Crippen molar-refractivity contribution in [2.45, 2.75) is 39.0 Å². The maximum absolute atomic E-state index is 6.00. The van der Waals surface area contributed by atoms with Crippen molar-refractivity contribution in [3.8, 4) is 5.75 Å². The molecule has 1 saturated carbocycles. The van der Waals surface area contributed by atoms with Gasteiger partial charge in [-0.2, -0.15) is 0 Å². The van der Waals surface area contributed by atoms with Crippen molar-refractivity contribution in [1.29, 1.82) is 0 Å². The summed E-state index contributed by atoms with van der Waals surface area (Å²) in [6.45, 7) is 3.55. The van der Waals surface area contributed by atoms with Crippen molar-refractivity contribution >= 4 is 11.6 Å². The first kappa shape index (κ1) is 14.4. The van der Waals surface area contributed by atoms with E-state index in [1.165, 1.54) is 24.0 Å². The number of hydrogen-bond acceptors (Lipinski definition) is 2. The number of nitrogens with one attached hydrogen (secondary N) is 1. The summed E-state index contributed by atoms with van der Waals surface area (Å²) in [6.07, 6.45) is 2.65. The molecule has 2 aromatic carbocycles. The first-order valence-electron chi connectivity index (χ1n) is 7.41. The summed E-state index contributed by atoms with van der Waals surface area (Å²) in [4.78, 5) is 0. The number of benzene rings is 2. The average Bonchev–Trinajstić information content (AvgIpc) is 3.31. The standard InChI is InChI=1S/C18H20ClNO/c1-13-2-7-16(19)10-18(13)21-12-15-5-3-14(4-6-15)11-20-17-8-9-17/h2-7,10,17,20H,8-9,11-12H2,1H3. The van der Waals surface area contributed by atoms with Crippen LogP contribution in [0.5, 0.6) is 5.75 Å². The maximum atomic E-state index is 6.00. The average molecular weight is 302 g/mol. The number of hydrogen-bond donors (Lipinski definition) is 1. The van der Waals surface area contributed by atoms with Crippen LogP contribution in [-0.4, -0.2) is 6.04 Å². The van der Waals surface area contributed by atoms with Gasteiger partial charge in [-0.15, -0.1) is 0 Å². The van der Waals surface area contributed by atoms with E-state index >= 15 is 0 Å². The van der Waals surface area contributed by atoms with Gasteiger partial charge in [0.2, 0.25) is 0 Å². The molecule has 0 aromatic heterocycles. The van der Waals surface area contributed by atoms with E-state index in [-0.39, 0.29) is 0 Å². The molecule has 0 saturated heterocycles. The second-order valence-corrected chi connectivity index (χ2v) is 6.11. The van der Waals surface area contributed by atoms with Gasteiger partial charge in [-0.05, 0) is 48.6 Å². The highest BCUT2D eigenvalue weighted by molar-refractivity contribution is 6.30. The van der Waals surface area contributed by atoms with Gasteiger partial charge in [0.1, 0.15) is 12.4 Å². The molecule has 3 heteroatoms. The summed E-state index contributed by atoms with van der Waals surface area (Å²) in [5.41, 5.74) is 3.60. The normalized spacial score (nSPS) is 14.2. The quantitative estimate of drug-likeness (QED) is 0.849. The maximum Gasteiger partial charge on any atom is 0.124 e. The summed E-state index contributed by atoms with van der Waals surface area (Å²) in [6, 6.07) is 15.1. The lowest BCUT2D eigenvalue weighted by Crippen LogP contribution is -2.15. The molecular formula is C18H20ClNO. The van der Waals surface area contributed by atoms with E-state index in [9.17, 15) is 0 Å². The Kier molecular flexibility index (Phi) is 4.47. The van der Waals surface area contributed by atoms with E-state index in [4.69, 9.17) is 16.3 Å². The fourth-order valence-corrected chi connectivity index (χ4v) is 2.36. The lowest BCUT2D eigenvalue weighted by atomic mass is 10.1. The topological polar surface area (TPSA) is 21.3 Å². The highest BCUT2D eigenvalue weighted by Gasteiger charge is 2.19. The van der Waals surface area contributed by atoms with Crippen molar-refractivity contribution in [2.24, 2.45) is 0 Å². The van der Waals surface area contributed by atoms with Crippen LogP contribution in [0.15, 0.2) is 42.5 Å². The molecule has 2 nitrogen and oxygen atoms in total. The van der Waals surface area contributed by atoms with Crippen LogP contribution in [0.25, 0.3) is 0 Å². The molecular weight excluding hydrogens is 282 g/mol. The fraction of sp³-hybridized carbons (Fsp3) is 0.333. The van der Waals surface area contributed by atoms with Crippen LogP contribution in [0.3, 0.4) is 0 Å². The summed E-state index contributed by atoms with van der Waals surface area (Å²) in [5, 5.41) is 4.22. The smallest absolute Gasteiger partial charge is 0.124 e. The minimum atomic E-state index is 0.567. The summed E-state index contributed by atoms with van der Waals surface area (Å²) < 4.78 is 5.85. The SMILES string of the molecule is Cc1ccc(Cl)cc1OCc1ccc(CNC2CC2)cc1. The molecule has 0 heterocycles. The second-order valence-electron chi connectivity index (χ2n) is 5.67. The third-order valence-electron chi connectivity index (χ3n) is 3.74. The summed E-state index contributed by atoms with van der Waals surface area (Å²) in [7, 11) is 0. The Bertz CT molecular complexity index is 605. The van der Waals surface area contributed by atoms with Gasteiger partial charge in [0.15, 0.2) is 0 Å². The molecule has 21 heavy (non-hydrogen) atoms. The van der Waals surface area contributed by atoms with E-state index in [2.05, 4.69) is 29.6 Å². The third kappa shape index (κ3) is 4.23. The molecule has 1 aliphatic carbocycles. The molecule has 0 bridgehead atoms. The van der Waals surface area contributed by atoms with Crippen LogP contribution in [0.4, 0.5) is 0 Å². The number of halogens is 1. The van der Waals surface area contributed by atoms with Gasteiger partial charge in [0, 0.05) is 17.6 Å². The van der Waals surface area contributed by atoms with Gasteiger partial charge in [-0.25, -0.2) is 0 Å². The highest BCUT2D eigenvalue weighted by atomic mass is 35.5. The number of ether oxygens (including phenoxy) is 1. The highest BCUT2D eigenvalue weighted by Crippen LogP contribution is 2.23. The minimum absolute atomic E-state index is 0.567. The van der Waals surface area contributed by atoms with Crippen LogP contribution in [0.1, 0.15) is 29.5 Å². The Balaban J connectivity index is 1.55. The van der Waals surface area contributed by atoms with Crippen LogP contribution >= 0.6 is 11.6 Å². The monoisotopic (exact) mass is 301 g/mol. The van der Waals surface area contributed by atoms with Crippen LogP contribution < -0.4 is 10.1 Å². The molecule has 1 N–H and O–H groups in total. The van der Waals surface area contributed by atoms with Gasteiger partial charge in [0.05, 0.1) is 0 Å². The zero-order chi connectivity index (χ0) is 14.7. The molecule has 110 valence electrons. The predicted molar refractivity (Wildman–Crippen MR) is 86.8 cm³/mol. The van der Waals surface area contributed by atoms with Crippen molar-refractivity contribution in [3.63, 3.8) is 0 Å². The molecule has 2 aromatic rings. The lowest BCUT2D eigenvalue weighted by Gasteiger charge is -2.10. The Morgan fingerprint density at radius 3 is 2.52 bits per heavy atom. The molecule has 0 unspecified atom stereocenters. The predicted octanol–water partition coefficient (Wildman–Crippen LogP) is 4.48. The zero-order valence-electron chi connectivity index (χ0n) is 12.2. The van der Waals surface area contributed by atoms with Crippen molar-refractivity contribution < 1.29 is 4.74 Å². The molecule has 1 fully saturated rings. The second kappa shape index (κ2) is 6.50. The van der Waals surface area contributed by atoms with Gasteiger partial charge in [0.25, 0.3) is 0 Å². The molecule has 0 spiro atoms. The summed E-state index contributed by atoms with van der Waals surface area (Å²) >= 11 is 6.00. The Morgan fingerprint density at radius 2 is 1.81 bits per heavy atom. The first-order chi connectivity index (χ1) is 10.2. The number of aryl methyl sites for hydroxylation is 1. The van der Waals surface area contributed by atoms with Gasteiger partial charge in [-0.3, -0.25) is 0 Å². The molecule has 0 amide bonds.